The molecule has 104 valence electrons. The zero-order chi connectivity index (χ0) is 13.8. The molecular weight excluding hydrogens is 242 g/mol. The summed E-state index contributed by atoms with van der Waals surface area (Å²) in [6.45, 7) is 6.29. The van der Waals surface area contributed by atoms with Gasteiger partial charge in [0.15, 0.2) is 0 Å². The lowest BCUT2D eigenvalue weighted by molar-refractivity contribution is -0.0252. The highest BCUT2D eigenvalue weighted by Crippen LogP contribution is 2.17. The van der Waals surface area contributed by atoms with E-state index >= 15 is 0 Å². The van der Waals surface area contributed by atoms with Gasteiger partial charge in [-0.15, -0.1) is 0 Å². The summed E-state index contributed by atoms with van der Waals surface area (Å²) >= 11 is 0. The van der Waals surface area contributed by atoms with Gasteiger partial charge in [-0.05, 0) is 25.5 Å². The summed E-state index contributed by atoms with van der Waals surface area (Å²) in [5.74, 6) is 0.0721. The topological polar surface area (TPSA) is 38.8 Å². The molecule has 1 aliphatic heterocycles. The first-order chi connectivity index (χ1) is 9.13. The molecule has 1 saturated heterocycles. The van der Waals surface area contributed by atoms with Crippen molar-refractivity contribution >= 4 is 5.91 Å². The Morgan fingerprint density at radius 1 is 1.47 bits per heavy atom. The van der Waals surface area contributed by atoms with Gasteiger partial charge in [-0.25, -0.2) is 0 Å². The predicted octanol–water partition coefficient (Wildman–Crippen LogP) is 1.79. The van der Waals surface area contributed by atoms with Crippen molar-refractivity contribution in [3.8, 4) is 0 Å². The summed E-state index contributed by atoms with van der Waals surface area (Å²) in [5.41, 5.74) is 2.96. The van der Waals surface area contributed by atoms with Crippen molar-refractivity contribution < 1.29 is 14.3 Å². The molecule has 0 saturated carbocycles. The number of morpholine rings is 1. The van der Waals surface area contributed by atoms with Crippen molar-refractivity contribution in [1.82, 2.24) is 4.90 Å². The van der Waals surface area contributed by atoms with Gasteiger partial charge < -0.3 is 14.4 Å². The Kier molecular flexibility index (Phi) is 4.56. The molecular formula is C15H21NO3. The van der Waals surface area contributed by atoms with Crippen LogP contribution in [0.15, 0.2) is 18.2 Å². The fraction of sp³-hybridized carbons (Fsp3) is 0.533. The Hall–Kier alpha value is -1.39. The normalized spacial score (nSPS) is 19.5. The van der Waals surface area contributed by atoms with Gasteiger partial charge in [0.1, 0.15) is 0 Å². The van der Waals surface area contributed by atoms with Crippen LogP contribution in [0, 0.1) is 13.8 Å². The number of rotatable bonds is 3. The maximum Gasteiger partial charge on any atom is 0.254 e. The predicted molar refractivity (Wildman–Crippen MR) is 73.4 cm³/mol. The monoisotopic (exact) mass is 263 g/mol. The fourth-order valence-corrected chi connectivity index (χ4v) is 2.46. The highest BCUT2D eigenvalue weighted by molar-refractivity contribution is 5.96. The van der Waals surface area contributed by atoms with Crippen LogP contribution < -0.4 is 0 Å². The molecule has 0 aromatic heterocycles. The summed E-state index contributed by atoms with van der Waals surface area (Å²) in [5, 5.41) is 0. The van der Waals surface area contributed by atoms with Gasteiger partial charge in [0.2, 0.25) is 0 Å². The van der Waals surface area contributed by atoms with Crippen LogP contribution in [0.25, 0.3) is 0 Å². The van der Waals surface area contributed by atoms with Crippen LogP contribution in [0.3, 0.4) is 0 Å². The number of carbonyl (C=O) groups excluding carboxylic acids is 1. The quantitative estimate of drug-likeness (QED) is 0.834. The van der Waals surface area contributed by atoms with Gasteiger partial charge in [0.05, 0.1) is 25.9 Å². The lowest BCUT2D eigenvalue weighted by Gasteiger charge is -2.35. The Bertz CT molecular complexity index is 457. The van der Waals surface area contributed by atoms with Crippen molar-refractivity contribution in [3.63, 3.8) is 0 Å². The largest absolute Gasteiger partial charge is 0.382 e. The fourth-order valence-electron chi connectivity index (χ4n) is 2.46. The second kappa shape index (κ2) is 6.17. The van der Waals surface area contributed by atoms with E-state index < -0.39 is 0 Å². The summed E-state index contributed by atoms with van der Waals surface area (Å²) in [6.07, 6.45) is 0. The van der Waals surface area contributed by atoms with Gasteiger partial charge in [0, 0.05) is 19.2 Å². The summed E-state index contributed by atoms with van der Waals surface area (Å²) in [4.78, 5) is 14.5. The molecule has 4 heteroatoms. The van der Waals surface area contributed by atoms with Crippen LogP contribution in [0.2, 0.25) is 0 Å². The molecule has 2 rings (SSSR count). The molecule has 1 amide bonds. The van der Waals surface area contributed by atoms with Crippen molar-refractivity contribution in [3.05, 3.63) is 34.9 Å². The lowest BCUT2D eigenvalue weighted by atomic mass is 10.0. The Balaban J connectivity index is 2.21. The number of nitrogens with zero attached hydrogens (tertiary/aromatic N) is 1. The van der Waals surface area contributed by atoms with Crippen molar-refractivity contribution in [2.75, 3.05) is 33.5 Å². The second-order valence-corrected chi connectivity index (χ2v) is 5.00. The molecule has 1 aliphatic rings. The number of aryl methyl sites for hydroxylation is 2. The minimum atomic E-state index is 0.00644. The third-order valence-electron chi connectivity index (χ3n) is 3.46. The first-order valence-corrected chi connectivity index (χ1v) is 6.58. The van der Waals surface area contributed by atoms with Gasteiger partial charge >= 0.3 is 0 Å². The average Bonchev–Trinajstić information content (AvgIpc) is 2.39. The van der Waals surface area contributed by atoms with Crippen molar-refractivity contribution in [1.29, 1.82) is 0 Å². The number of ether oxygens (including phenoxy) is 2. The molecule has 1 aromatic carbocycles. The number of carbonyl (C=O) groups is 1. The highest BCUT2D eigenvalue weighted by Gasteiger charge is 2.28. The molecule has 0 bridgehead atoms. The summed E-state index contributed by atoms with van der Waals surface area (Å²) < 4.78 is 10.6. The number of hydrogen-bond donors (Lipinski definition) is 0. The summed E-state index contributed by atoms with van der Waals surface area (Å²) in [6, 6.07) is 5.93. The van der Waals surface area contributed by atoms with Crippen molar-refractivity contribution in [2.45, 2.75) is 19.9 Å². The van der Waals surface area contributed by atoms with E-state index in [-0.39, 0.29) is 11.9 Å². The Morgan fingerprint density at radius 2 is 2.26 bits per heavy atom. The van der Waals surface area contributed by atoms with Gasteiger partial charge in [-0.2, -0.15) is 0 Å². The van der Waals surface area contributed by atoms with E-state index in [0.29, 0.717) is 26.4 Å². The number of amides is 1. The molecule has 0 spiro atoms. The van der Waals surface area contributed by atoms with Crippen LogP contribution in [0.4, 0.5) is 0 Å². The molecule has 0 N–H and O–H groups in total. The molecule has 1 aromatic rings. The first kappa shape index (κ1) is 14.0. The van der Waals surface area contributed by atoms with Crippen LogP contribution in [0.1, 0.15) is 21.5 Å². The summed E-state index contributed by atoms with van der Waals surface area (Å²) in [7, 11) is 1.65. The Morgan fingerprint density at radius 3 is 2.95 bits per heavy atom. The first-order valence-electron chi connectivity index (χ1n) is 6.58. The van der Waals surface area contributed by atoms with Gasteiger partial charge in [0.25, 0.3) is 5.91 Å². The molecule has 0 aliphatic carbocycles. The number of benzene rings is 1. The van der Waals surface area contributed by atoms with E-state index in [2.05, 4.69) is 0 Å². The zero-order valence-electron chi connectivity index (χ0n) is 11.8. The smallest absolute Gasteiger partial charge is 0.254 e. The molecule has 4 nitrogen and oxygen atoms in total. The molecule has 19 heavy (non-hydrogen) atoms. The maximum absolute atomic E-state index is 12.6. The van der Waals surface area contributed by atoms with E-state index in [1.165, 1.54) is 5.56 Å². The van der Waals surface area contributed by atoms with Crippen molar-refractivity contribution in [2.24, 2.45) is 0 Å². The van der Waals surface area contributed by atoms with E-state index in [1.807, 2.05) is 36.9 Å². The van der Waals surface area contributed by atoms with Crippen LogP contribution in [-0.2, 0) is 9.47 Å². The van der Waals surface area contributed by atoms with Crippen LogP contribution >= 0.6 is 0 Å². The molecule has 0 radical (unpaired) electrons. The van der Waals surface area contributed by atoms with E-state index in [9.17, 15) is 4.79 Å². The number of methoxy groups -OCH3 is 1. The maximum atomic E-state index is 12.6. The van der Waals surface area contributed by atoms with Crippen LogP contribution in [-0.4, -0.2) is 50.3 Å². The SMILES string of the molecule is COCC1COCCN1C(=O)c1ccc(C)cc1C. The standard InChI is InChI=1S/C15H21NO3/c1-11-4-5-14(12(2)8-11)15(17)16-6-7-19-10-13(16)9-18-3/h4-5,8,13H,6-7,9-10H2,1-3H3. The Labute approximate surface area is 114 Å². The molecule has 1 heterocycles. The minimum absolute atomic E-state index is 0.00644. The van der Waals surface area contributed by atoms with Gasteiger partial charge in [-0.3, -0.25) is 4.79 Å². The second-order valence-electron chi connectivity index (χ2n) is 5.00. The average molecular weight is 263 g/mol. The van der Waals surface area contributed by atoms with Crippen LogP contribution in [0.5, 0.6) is 0 Å². The molecule has 1 atom stereocenters. The third-order valence-corrected chi connectivity index (χ3v) is 3.46. The highest BCUT2D eigenvalue weighted by atomic mass is 16.5. The lowest BCUT2D eigenvalue weighted by Crippen LogP contribution is -2.50. The molecule has 1 fully saturated rings. The zero-order valence-corrected chi connectivity index (χ0v) is 11.8. The van der Waals surface area contributed by atoms with E-state index in [4.69, 9.17) is 9.47 Å². The number of hydrogen-bond acceptors (Lipinski definition) is 3. The third kappa shape index (κ3) is 3.14. The molecule has 1 unspecified atom stereocenters. The van der Waals surface area contributed by atoms with E-state index in [1.54, 1.807) is 7.11 Å². The van der Waals surface area contributed by atoms with E-state index in [0.717, 1.165) is 11.1 Å². The minimum Gasteiger partial charge on any atom is -0.382 e. The van der Waals surface area contributed by atoms with Gasteiger partial charge in [-0.1, -0.05) is 17.7 Å².